The second-order valence-corrected chi connectivity index (χ2v) is 4.66. The number of Topliss-reactive ketones (excluding diaryl/α,β-unsaturated/α-hetero) is 1. The van der Waals surface area contributed by atoms with Crippen molar-refractivity contribution in [3.8, 4) is 0 Å². The molecule has 0 spiro atoms. The van der Waals surface area contributed by atoms with Crippen LogP contribution in [0.2, 0.25) is 0 Å². The van der Waals surface area contributed by atoms with E-state index in [4.69, 9.17) is 0 Å². The molecule has 0 saturated carbocycles. The van der Waals surface area contributed by atoms with Gasteiger partial charge in [0.05, 0.1) is 0 Å². The van der Waals surface area contributed by atoms with E-state index in [0.29, 0.717) is 11.7 Å². The minimum atomic E-state index is 0.428. The van der Waals surface area contributed by atoms with Crippen molar-refractivity contribution in [1.82, 2.24) is 0 Å². The van der Waals surface area contributed by atoms with Crippen LogP contribution in [0.4, 0.5) is 0 Å². The molecule has 0 bridgehead atoms. The van der Waals surface area contributed by atoms with Crippen molar-refractivity contribution >= 4 is 5.78 Å². The molecule has 0 unspecified atom stereocenters. The fraction of sp³-hybridized carbons (Fsp3) is 0.769. The molecule has 82 valence electrons. The maximum absolute atomic E-state index is 11.3. The number of unbranched alkanes of at least 4 members (excludes halogenated alkanes) is 2. The predicted octanol–water partition coefficient (Wildman–Crippen LogP) is 4.13. The van der Waals surface area contributed by atoms with E-state index in [1.54, 1.807) is 0 Å². The highest BCUT2D eigenvalue weighted by Gasteiger charge is 2.03. The fourth-order valence-electron chi connectivity index (χ4n) is 1.41. The Balaban J connectivity index is 3.36. The van der Waals surface area contributed by atoms with Crippen molar-refractivity contribution < 1.29 is 4.79 Å². The summed E-state index contributed by atoms with van der Waals surface area (Å²) in [6.07, 6.45) is 7.09. The Kier molecular flexibility index (Phi) is 7.45. The van der Waals surface area contributed by atoms with E-state index < -0.39 is 0 Å². The van der Waals surface area contributed by atoms with Crippen LogP contribution in [-0.2, 0) is 4.79 Å². The molecule has 0 aliphatic heterocycles. The molecule has 0 atom stereocenters. The number of carbonyl (C=O) groups excluding carboxylic acids is 1. The van der Waals surface area contributed by atoms with Gasteiger partial charge in [0.15, 0.2) is 0 Å². The largest absolute Gasteiger partial charge is 0.300 e. The van der Waals surface area contributed by atoms with Crippen LogP contribution in [-0.4, -0.2) is 5.78 Å². The first-order valence-electron chi connectivity index (χ1n) is 5.67. The summed E-state index contributed by atoms with van der Waals surface area (Å²) >= 11 is 0. The van der Waals surface area contributed by atoms with Gasteiger partial charge in [0, 0.05) is 12.8 Å². The zero-order valence-corrected chi connectivity index (χ0v) is 10.1. The quantitative estimate of drug-likeness (QED) is 0.442. The SMILES string of the molecule is CC(C)=CCCCCC(=O)CC(C)C. The highest BCUT2D eigenvalue weighted by atomic mass is 16.1. The Bertz CT molecular complexity index is 185. The molecular formula is C13H24O. The molecule has 0 radical (unpaired) electrons. The van der Waals surface area contributed by atoms with Crippen LogP contribution < -0.4 is 0 Å². The molecule has 0 aromatic rings. The van der Waals surface area contributed by atoms with Crippen molar-refractivity contribution in [3.05, 3.63) is 11.6 Å². The maximum atomic E-state index is 11.3. The lowest BCUT2D eigenvalue weighted by atomic mass is 10.0. The van der Waals surface area contributed by atoms with E-state index in [2.05, 4.69) is 33.8 Å². The van der Waals surface area contributed by atoms with Crippen molar-refractivity contribution in [1.29, 1.82) is 0 Å². The van der Waals surface area contributed by atoms with Crippen molar-refractivity contribution in [2.45, 2.75) is 59.8 Å². The predicted molar refractivity (Wildman–Crippen MR) is 62.4 cm³/mol. The Morgan fingerprint density at radius 1 is 1.21 bits per heavy atom. The summed E-state index contributed by atoms with van der Waals surface area (Å²) in [7, 11) is 0. The van der Waals surface area contributed by atoms with E-state index in [-0.39, 0.29) is 0 Å². The standard InChI is InChI=1S/C13H24O/c1-11(2)8-6-5-7-9-13(14)10-12(3)4/h8,12H,5-7,9-10H2,1-4H3. The number of hydrogen-bond acceptors (Lipinski definition) is 1. The van der Waals surface area contributed by atoms with Crippen LogP contribution in [0.5, 0.6) is 0 Å². The summed E-state index contributed by atoms with van der Waals surface area (Å²) in [6.45, 7) is 8.43. The molecule has 1 nitrogen and oxygen atoms in total. The molecule has 1 heteroatoms. The van der Waals surface area contributed by atoms with Gasteiger partial charge in [-0.3, -0.25) is 4.79 Å². The molecule has 0 aromatic heterocycles. The van der Waals surface area contributed by atoms with Crippen LogP contribution >= 0.6 is 0 Å². The van der Waals surface area contributed by atoms with E-state index >= 15 is 0 Å². The lowest BCUT2D eigenvalue weighted by Gasteiger charge is -2.02. The molecule has 0 heterocycles. The minimum absolute atomic E-state index is 0.428. The van der Waals surface area contributed by atoms with Gasteiger partial charge < -0.3 is 0 Å². The Morgan fingerprint density at radius 3 is 2.36 bits per heavy atom. The normalized spacial score (nSPS) is 10.4. The summed E-state index contributed by atoms with van der Waals surface area (Å²) < 4.78 is 0. The average molecular weight is 196 g/mol. The van der Waals surface area contributed by atoms with Gasteiger partial charge in [-0.15, -0.1) is 0 Å². The number of carbonyl (C=O) groups is 1. The molecular weight excluding hydrogens is 172 g/mol. The number of hydrogen-bond donors (Lipinski definition) is 0. The second-order valence-electron chi connectivity index (χ2n) is 4.66. The molecule has 0 aliphatic carbocycles. The van der Waals surface area contributed by atoms with Crippen LogP contribution in [0.1, 0.15) is 59.8 Å². The topological polar surface area (TPSA) is 17.1 Å². The number of allylic oxidation sites excluding steroid dienone is 2. The molecule has 0 fully saturated rings. The van der Waals surface area contributed by atoms with Gasteiger partial charge in [0.1, 0.15) is 5.78 Å². The average Bonchev–Trinajstić information content (AvgIpc) is 2.01. The Morgan fingerprint density at radius 2 is 1.86 bits per heavy atom. The highest BCUT2D eigenvalue weighted by Crippen LogP contribution is 2.08. The summed E-state index contributed by atoms with van der Waals surface area (Å²) in [5.41, 5.74) is 1.37. The third kappa shape index (κ3) is 9.50. The Hall–Kier alpha value is -0.590. The van der Waals surface area contributed by atoms with Crippen molar-refractivity contribution in [2.75, 3.05) is 0 Å². The van der Waals surface area contributed by atoms with E-state index in [0.717, 1.165) is 32.1 Å². The van der Waals surface area contributed by atoms with E-state index in [1.807, 2.05) is 0 Å². The third-order valence-corrected chi connectivity index (χ3v) is 2.10. The Labute approximate surface area is 88.6 Å². The van der Waals surface area contributed by atoms with Gasteiger partial charge >= 0.3 is 0 Å². The van der Waals surface area contributed by atoms with Crippen molar-refractivity contribution in [2.24, 2.45) is 5.92 Å². The lowest BCUT2D eigenvalue weighted by Crippen LogP contribution is -2.02. The van der Waals surface area contributed by atoms with E-state index in [9.17, 15) is 4.79 Å². The molecule has 0 aromatic carbocycles. The molecule has 0 saturated heterocycles. The van der Waals surface area contributed by atoms with E-state index in [1.165, 1.54) is 5.57 Å². The second kappa shape index (κ2) is 7.78. The summed E-state index contributed by atoms with van der Waals surface area (Å²) in [6, 6.07) is 0. The fourth-order valence-corrected chi connectivity index (χ4v) is 1.41. The first-order chi connectivity index (χ1) is 6.52. The molecule has 0 N–H and O–H groups in total. The van der Waals surface area contributed by atoms with Gasteiger partial charge in [0.25, 0.3) is 0 Å². The lowest BCUT2D eigenvalue weighted by molar-refractivity contribution is -0.119. The summed E-state index contributed by atoms with van der Waals surface area (Å²) in [5.74, 6) is 0.942. The van der Waals surface area contributed by atoms with Gasteiger partial charge in [-0.2, -0.15) is 0 Å². The zero-order valence-electron chi connectivity index (χ0n) is 10.1. The van der Waals surface area contributed by atoms with Gasteiger partial charge in [-0.05, 0) is 39.0 Å². The third-order valence-electron chi connectivity index (χ3n) is 2.10. The monoisotopic (exact) mass is 196 g/mol. The highest BCUT2D eigenvalue weighted by molar-refractivity contribution is 5.78. The zero-order chi connectivity index (χ0) is 11.0. The molecule has 0 amide bonds. The molecule has 0 rings (SSSR count). The first kappa shape index (κ1) is 13.4. The van der Waals surface area contributed by atoms with Crippen LogP contribution in [0.15, 0.2) is 11.6 Å². The maximum Gasteiger partial charge on any atom is 0.133 e. The molecule has 0 aliphatic rings. The first-order valence-corrected chi connectivity index (χ1v) is 5.67. The van der Waals surface area contributed by atoms with Crippen LogP contribution in [0.25, 0.3) is 0 Å². The molecule has 14 heavy (non-hydrogen) atoms. The summed E-state index contributed by atoms with van der Waals surface area (Å²) in [5, 5.41) is 0. The smallest absolute Gasteiger partial charge is 0.133 e. The number of rotatable bonds is 7. The van der Waals surface area contributed by atoms with Gasteiger partial charge in [0.2, 0.25) is 0 Å². The van der Waals surface area contributed by atoms with Gasteiger partial charge in [-0.1, -0.05) is 25.5 Å². The van der Waals surface area contributed by atoms with Crippen LogP contribution in [0, 0.1) is 5.92 Å². The van der Waals surface area contributed by atoms with Gasteiger partial charge in [-0.25, -0.2) is 0 Å². The number of ketones is 1. The minimum Gasteiger partial charge on any atom is -0.300 e. The van der Waals surface area contributed by atoms with Crippen molar-refractivity contribution in [3.63, 3.8) is 0 Å². The van der Waals surface area contributed by atoms with Crippen LogP contribution in [0.3, 0.4) is 0 Å². The summed E-state index contributed by atoms with van der Waals surface area (Å²) in [4.78, 5) is 11.3.